The van der Waals surface area contributed by atoms with Crippen molar-refractivity contribution < 1.29 is 13.9 Å². The number of amides is 1. The van der Waals surface area contributed by atoms with Crippen LogP contribution in [0, 0.1) is 5.82 Å². The molecule has 0 saturated heterocycles. The van der Waals surface area contributed by atoms with Crippen molar-refractivity contribution in [2.75, 3.05) is 13.1 Å². The predicted molar refractivity (Wildman–Crippen MR) is 96.4 cm³/mol. The number of carbonyl (C=O) groups excluding carboxylic acids is 1. The molecule has 1 aromatic carbocycles. The Morgan fingerprint density at radius 2 is 2.12 bits per heavy atom. The second-order valence-corrected chi connectivity index (χ2v) is 8.09. The number of nitrogens with zero attached hydrogens (tertiary/aromatic N) is 1. The molecule has 0 unspecified atom stereocenters. The number of benzene rings is 1. The first-order chi connectivity index (χ1) is 11.3. The molecule has 1 N–H and O–H groups in total. The molecule has 1 fully saturated rings. The number of nitrogens with one attached hydrogen (secondary N) is 1. The minimum atomic E-state index is -0.471. The van der Waals surface area contributed by atoms with Crippen LogP contribution in [0.3, 0.4) is 0 Å². The van der Waals surface area contributed by atoms with E-state index >= 15 is 0 Å². The van der Waals surface area contributed by atoms with Crippen molar-refractivity contribution in [2.24, 2.45) is 0 Å². The van der Waals surface area contributed by atoms with E-state index in [1.54, 1.807) is 6.07 Å². The topological polar surface area (TPSA) is 41.6 Å². The van der Waals surface area contributed by atoms with Crippen LogP contribution >= 0.6 is 15.9 Å². The van der Waals surface area contributed by atoms with E-state index in [2.05, 4.69) is 21.2 Å². The van der Waals surface area contributed by atoms with Crippen LogP contribution < -0.4 is 5.32 Å². The lowest BCUT2D eigenvalue weighted by Gasteiger charge is -2.27. The summed E-state index contributed by atoms with van der Waals surface area (Å²) in [6.45, 7) is 7.50. The molecule has 134 valence electrons. The molecular weight excluding hydrogens is 375 g/mol. The van der Waals surface area contributed by atoms with Gasteiger partial charge in [0.05, 0.1) is 0 Å². The van der Waals surface area contributed by atoms with E-state index in [-0.39, 0.29) is 11.9 Å². The normalized spacial score (nSPS) is 14.5. The van der Waals surface area contributed by atoms with E-state index in [0.717, 1.165) is 30.3 Å². The van der Waals surface area contributed by atoms with Gasteiger partial charge in [-0.1, -0.05) is 22.0 Å². The highest BCUT2D eigenvalue weighted by atomic mass is 79.9. The number of hydrogen-bond acceptors (Lipinski definition) is 3. The van der Waals surface area contributed by atoms with Gasteiger partial charge in [-0.15, -0.1) is 0 Å². The predicted octanol–water partition coefficient (Wildman–Crippen LogP) is 4.47. The van der Waals surface area contributed by atoms with Crippen LogP contribution in [0.2, 0.25) is 0 Å². The Kier molecular flexibility index (Phi) is 6.63. The standard InChI is InChI=1S/C18H26BrFN2O2/c1-18(2,3)24-17(23)22(15-7-8-15)10-4-9-21-12-13-5-6-14(19)11-16(13)20/h5-6,11,15,21H,4,7-10,12H2,1-3H3. The Bertz CT molecular complexity index is 571. The van der Waals surface area contributed by atoms with Crippen LogP contribution in [0.5, 0.6) is 0 Å². The summed E-state index contributed by atoms with van der Waals surface area (Å²) in [5, 5.41) is 3.23. The molecule has 2 rings (SSSR count). The Balaban J connectivity index is 1.72. The Morgan fingerprint density at radius 3 is 2.71 bits per heavy atom. The van der Waals surface area contributed by atoms with Gasteiger partial charge in [0.2, 0.25) is 0 Å². The average Bonchev–Trinajstić information content (AvgIpc) is 3.27. The molecule has 0 radical (unpaired) electrons. The summed E-state index contributed by atoms with van der Waals surface area (Å²) < 4.78 is 19.9. The third-order valence-electron chi connectivity index (χ3n) is 3.70. The van der Waals surface area contributed by atoms with Crippen molar-refractivity contribution in [2.45, 2.75) is 58.2 Å². The fourth-order valence-corrected chi connectivity index (χ4v) is 2.73. The van der Waals surface area contributed by atoms with E-state index in [0.29, 0.717) is 24.7 Å². The lowest BCUT2D eigenvalue weighted by Crippen LogP contribution is -2.39. The zero-order valence-electron chi connectivity index (χ0n) is 14.6. The molecule has 1 saturated carbocycles. The molecule has 1 aliphatic carbocycles. The van der Waals surface area contributed by atoms with Gasteiger partial charge < -0.3 is 15.0 Å². The first kappa shape index (κ1) is 19.2. The van der Waals surface area contributed by atoms with E-state index < -0.39 is 5.60 Å². The number of ether oxygens (including phenoxy) is 1. The molecule has 0 atom stereocenters. The maximum Gasteiger partial charge on any atom is 0.410 e. The van der Waals surface area contributed by atoms with Gasteiger partial charge in [0.1, 0.15) is 11.4 Å². The summed E-state index contributed by atoms with van der Waals surface area (Å²) in [5.41, 5.74) is 0.172. The maximum atomic E-state index is 13.7. The van der Waals surface area contributed by atoms with Crippen molar-refractivity contribution in [1.29, 1.82) is 0 Å². The number of hydrogen-bond donors (Lipinski definition) is 1. The molecule has 1 aromatic rings. The monoisotopic (exact) mass is 400 g/mol. The summed E-state index contributed by atoms with van der Waals surface area (Å²) in [6, 6.07) is 5.39. The van der Waals surface area contributed by atoms with Gasteiger partial charge in [0.25, 0.3) is 0 Å². The highest BCUT2D eigenvalue weighted by Crippen LogP contribution is 2.28. The van der Waals surface area contributed by atoms with Crippen LogP contribution in [0.4, 0.5) is 9.18 Å². The fourth-order valence-electron chi connectivity index (χ4n) is 2.39. The smallest absolute Gasteiger partial charge is 0.410 e. The van der Waals surface area contributed by atoms with Crippen molar-refractivity contribution in [3.63, 3.8) is 0 Å². The van der Waals surface area contributed by atoms with Crippen LogP contribution in [-0.4, -0.2) is 35.7 Å². The van der Waals surface area contributed by atoms with Gasteiger partial charge in [-0.3, -0.25) is 0 Å². The first-order valence-corrected chi connectivity index (χ1v) is 9.20. The minimum absolute atomic E-state index is 0.217. The van der Waals surface area contributed by atoms with E-state index in [4.69, 9.17) is 4.74 Å². The zero-order chi connectivity index (χ0) is 17.7. The Morgan fingerprint density at radius 1 is 1.42 bits per heavy atom. The van der Waals surface area contributed by atoms with Crippen molar-refractivity contribution in [3.8, 4) is 0 Å². The van der Waals surface area contributed by atoms with Gasteiger partial charge in [-0.25, -0.2) is 9.18 Å². The van der Waals surface area contributed by atoms with Crippen LogP contribution in [0.25, 0.3) is 0 Å². The molecule has 0 heterocycles. The van der Waals surface area contributed by atoms with Gasteiger partial charge in [-0.2, -0.15) is 0 Å². The number of halogens is 2. The van der Waals surface area contributed by atoms with Gasteiger partial charge in [-0.05, 0) is 58.7 Å². The number of carbonyl (C=O) groups is 1. The summed E-state index contributed by atoms with van der Waals surface area (Å²) in [6.07, 6.45) is 2.69. The highest BCUT2D eigenvalue weighted by Gasteiger charge is 2.34. The van der Waals surface area contributed by atoms with Crippen molar-refractivity contribution in [1.82, 2.24) is 10.2 Å². The Hall–Kier alpha value is -1.14. The molecule has 1 amide bonds. The summed E-state index contributed by atoms with van der Waals surface area (Å²) in [4.78, 5) is 14.1. The number of rotatable bonds is 7. The molecule has 1 aliphatic rings. The summed E-state index contributed by atoms with van der Waals surface area (Å²) in [7, 11) is 0. The third-order valence-corrected chi connectivity index (χ3v) is 4.19. The average molecular weight is 401 g/mol. The summed E-state index contributed by atoms with van der Waals surface area (Å²) >= 11 is 3.25. The van der Waals surface area contributed by atoms with E-state index in [9.17, 15) is 9.18 Å². The van der Waals surface area contributed by atoms with Crippen molar-refractivity contribution >= 4 is 22.0 Å². The zero-order valence-corrected chi connectivity index (χ0v) is 16.2. The van der Waals surface area contributed by atoms with Crippen molar-refractivity contribution in [3.05, 3.63) is 34.1 Å². The maximum absolute atomic E-state index is 13.7. The largest absolute Gasteiger partial charge is 0.444 e. The molecular formula is C18H26BrFN2O2. The highest BCUT2D eigenvalue weighted by molar-refractivity contribution is 9.10. The summed E-state index contributed by atoms with van der Waals surface area (Å²) in [5.74, 6) is -0.217. The van der Waals surface area contributed by atoms with Gasteiger partial charge in [0, 0.05) is 29.2 Å². The third kappa shape index (κ3) is 6.40. The lowest BCUT2D eigenvalue weighted by atomic mass is 10.2. The molecule has 0 aliphatic heterocycles. The molecule has 24 heavy (non-hydrogen) atoms. The van der Waals surface area contributed by atoms with Crippen LogP contribution in [0.15, 0.2) is 22.7 Å². The quantitative estimate of drug-likeness (QED) is 0.686. The lowest BCUT2D eigenvalue weighted by molar-refractivity contribution is 0.0232. The molecule has 6 heteroatoms. The second-order valence-electron chi connectivity index (χ2n) is 7.17. The van der Waals surface area contributed by atoms with Crippen LogP contribution in [-0.2, 0) is 11.3 Å². The first-order valence-electron chi connectivity index (χ1n) is 8.40. The van der Waals surface area contributed by atoms with E-state index in [1.165, 1.54) is 6.07 Å². The molecule has 4 nitrogen and oxygen atoms in total. The van der Waals surface area contributed by atoms with Gasteiger partial charge >= 0.3 is 6.09 Å². The minimum Gasteiger partial charge on any atom is -0.444 e. The SMILES string of the molecule is CC(C)(C)OC(=O)N(CCCNCc1ccc(Br)cc1F)C1CC1. The van der Waals surface area contributed by atoms with Gasteiger partial charge in [0.15, 0.2) is 0 Å². The fraction of sp³-hybridized carbons (Fsp3) is 0.611. The second kappa shape index (κ2) is 8.30. The van der Waals surface area contributed by atoms with Crippen LogP contribution in [0.1, 0.15) is 45.6 Å². The molecule has 0 spiro atoms. The molecule has 0 bridgehead atoms. The van der Waals surface area contributed by atoms with E-state index in [1.807, 2.05) is 31.7 Å². The molecule has 0 aromatic heterocycles. The Labute approximate surface area is 151 Å².